The van der Waals surface area contributed by atoms with Gasteiger partial charge in [-0.25, -0.2) is 0 Å². The van der Waals surface area contributed by atoms with E-state index in [0.29, 0.717) is 29.9 Å². The number of benzene rings is 1. The van der Waals surface area contributed by atoms with Gasteiger partial charge in [-0.15, -0.1) is 0 Å². The molecule has 0 saturated heterocycles. The number of hydrogen-bond acceptors (Lipinski definition) is 7. The van der Waals surface area contributed by atoms with Gasteiger partial charge in [-0.3, -0.25) is 9.59 Å². The van der Waals surface area contributed by atoms with Crippen molar-refractivity contribution in [2.45, 2.75) is 175 Å². The van der Waals surface area contributed by atoms with Crippen molar-refractivity contribution < 1.29 is 33.6 Å². The molecule has 0 fully saturated rings. The fourth-order valence-corrected chi connectivity index (χ4v) is 5.79. The third-order valence-corrected chi connectivity index (χ3v) is 8.99. The fraction of sp³-hybridized carbons (Fsp3) is 0.660. The number of aliphatic hydroxyl groups is 1. The van der Waals surface area contributed by atoms with Crippen molar-refractivity contribution in [1.82, 2.24) is 0 Å². The molecular formula is C47H76O7. The molecule has 0 atom stereocenters. The summed E-state index contributed by atoms with van der Waals surface area (Å²) in [5.74, 6) is 0.616. The first-order valence-corrected chi connectivity index (χ1v) is 21.5. The highest BCUT2D eigenvalue weighted by Gasteiger charge is 2.07. The summed E-state index contributed by atoms with van der Waals surface area (Å²) >= 11 is 0. The molecule has 54 heavy (non-hydrogen) atoms. The van der Waals surface area contributed by atoms with Crippen LogP contribution in [0.1, 0.15) is 174 Å². The van der Waals surface area contributed by atoms with E-state index in [1.54, 1.807) is 18.2 Å². The summed E-state index contributed by atoms with van der Waals surface area (Å²) in [5.41, 5.74) is 0.638. The minimum Gasteiger partial charge on any atom is -0.490 e. The molecule has 7 nitrogen and oxygen atoms in total. The number of allylic oxidation sites excluding steroid dienone is 8. The van der Waals surface area contributed by atoms with E-state index >= 15 is 0 Å². The normalized spacial score (nSPS) is 11.8. The van der Waals surface area contributed by atoms with E-state index in [-0.39, 0.29) is 45.0 Å². The Kier molecular flexibility index (Phi) is 34.2. The number of rotatable bonds is 37. The van der Waals surface area contributed by atoms with E-state index in [1.165, 1.54) is 70.6 Å². The van der Waals surface area contributed by atoms with E-state index in [1.807, 2.05) is 0 Å². The summed E-state index contributed by atoms with van der Waals surface area (Å²) in [4.78, 5) is 24.3. The van der Waals surface area contributed by atoms with Gasteiger partial charge in [-0.2, -0.15) is 0 Å². The van der Waals surface area contributed by atoms with Crippen LogP contribution >= 0.6 is 0 Å². The maximum atomic E-state index is 12.1. The van der Waals surface area contributed by atoms with Crippen LogP contribution in [0.15, 0.2) is 66.8 Å². The molecule has 7 heteroatoms. The lowest BCUT2D eigenvalue weighted by atomic mass is 10.1. The Balaban J connectivity index is 2.06. The highest BCUT2D eigenvalue weighted by molar-refractivity contribution is 5.69. The van der Waals surface area contributed by atoms with Gasteiger partial charge in [0.05, 0.1) is 6.61 Å². The molecule has 1 aromatic rings. The lowest BCUT2D eigenvalue weighted by Gasteiger charge is -2.12. The van der Waals surface area contributed by atoms with Gasteiger partial charge in [0, 0.05) is 18.9 Å². The molecule has 0 heterocycles. The minimum atomic E-state index is -0.206. The second kappa shape index (κ2) is 38.0. The largest absolute Gasteiger partial charge is 0.490 e. The zero-order valence-corrected chi connectivity index (χ0v) is 34.3. The van der Waals surface area contributed by atoms with Gasteiger partial charge < -0.3 is 24.1 Å². The van der Waals surface area contributed by atoms with Crippen LogP contribution in [0.5, 0.6) is 11.5 Å². The number of aliphatic hydroxyl groups excluding tert-OH is 1. The van der Waals surface area contributed by atoms with E-state index in [4.69, 9.17) is 18.9 Å². The van der Waals surface area contributed by atoms with Crippen molar-refractivity contribution in [1.29, 1.82) is 0 Å². The molecule has 1 N–H and O–H groups in total. The number of hydrogen-bond donors (Lipinski definition) is 1. The van der Waals surface area contributed by atoms with Crippen molar-refractivity contribution in [3.05, 3.63) is 72.4 Å². The van der Waals surface area contributed by atoms with Gasteiger partial charge in [-0.05, 0) is 94.7 Å². The van der Waals surface area contributed by atoms with E-state index in [2.05, 4.69) is 62.5 Å². The monoisotopic (exact) mass is 753 g/mol. The quantitative estimate of drug-likeness (QED) is 0.0411. The molecule has 0 aliphatic heterocycles. The zero-order valence-electron chi connectivity index (χ0n) is 34.3. The molecule has 0 spiro atoms. The Morgan fingerprint density at radius 3 is 1.37 bits per heavy atom. The molecule has 0 aromatic heterocycles. The molecule has 306 valence electrons. The van der Waals surface area contributed by atoms with E-state index in [9.17, 15) is 14.7 Å². The smallest absolute Gasteiger partial charge is 0.305 e. The lowest BCUT2D eigenvalue weighted by molar-refractivity contribution is -0.145. The summed E-state index contributed by atoms with van der Waals surface area (Å²) in [6.45, 7) is 5.01. The van der Waals surface area contributed by atoms with Crippen LogP contribution in [0.2, 0.25) is 0 Å². The lowest BCUT2D eigenvalue weighted by Crippen LogP contribution is -2.13. The van der Waals surface area contributed by atoms with Crippen molar-refractivity contribution >= 4 is 11.9 Å². The first-order chi connectivity index (χ1) is 26.6. The number of carbonyl (C=O) groups excluding carboxylic acids is 2. The molecular weight excluding hydrogens is 677 g/mol. The third-order valence-electron chi connectivity index (χ3n) is 8.99. The van der Waals surface area contributed by atoms with Gasteiger partial charge in [0.1, 0.15) is 37.9 Å². The van der Waals surface area contributed by atoms with E-state index < -0.39 is 0 Å². The maximum absolute atomic E-state index is 12.1. The predicted octanol–water partition coefficient (Wildman–Crippen LogP) is 12.6. The molecule has 0 aliphatic rings. The third kappa shape index (κ3) is 32.1. The fourth-order valence-electron chi connectivity index (χ4n) is 5.79. The SMILES string of the molecule is CCCC/C=C\C/C=C\CCCCCCCC(=O)OCCOc1cc(CO)cc(OCCOC(=O)CCCCCCC/C=C\CC/C=C\CCCCC)c1. The van der Waals surface area contributed by atoms with Gasteiger partial charge in [0.25, 0.3) is 0 Å². The molecule has 0 saturated carbocycles. The summed E-state index contributed by atoms with van der Waals surface area (Å²) in [5, 5.41) is 9.68. The van der Waals surface area contributed by atoms with E-state index in [0.717, 1.165) is 70.6 Å². The molecule has 0 bridgehead atoms. The van der Waals surface area contributed by atoms with Gasteiger partial charge in [0.2, 0.25) is 0 Å². The summed E-state index contributed by atoms with van der Waals surface area (Å²) in [6.07, 6.45) is 44.2. The average Bonchev–Trinajstić information content (AvgIpc) is 3.18. The van der Waals surface area contributed by atoms with Crippen LogP contribution in [0.4, 0.5) is 0 Å². The van der Waals surface area contributed by atoms with Crippen molar-refractivity contribution in [3.63, 3.8) is 0 Å². The van der Waals surface area contributed by atoms with Crippen LogP contribution in [0.3, 0.4) is 0 Å². The Morgan fingerprint density at radius 2 is 0.889 bits per heavy atom. The molecule has 0 aliphatic carbocycles. The first kappa shape index (κ1) is 48.7. The topological polar surface area (TPSA) is 91.3 Å². The van der Waals surface area contributed by atoms with Crippen LogP contribution < -0.4 is 9.47 Å². The summed E-state index contributed by atoms with van der Waals surface area (Å²) in [6, 6.07) is 5.17. The first-order valence-electron chi connectivity index (χ1n) is 21.5. The number of unbranched alkanes of at least 4 members (excludes halogenated alkanes) is 16. The van der Waals surface area contributed by atoms with Crippen LogP contribution in [0.25, 0.3) is 0 Å². The van der Waals surface area contributed by atoms with Crippen molar-refractivity contribution in [2.24, 2.45) is 0 Å². The minimum absolute atomic E-state index is 0.156. The second-order valence-electron chi connectivity index (χ2n) is 14.1. The molecule has 0 unspecified atom stereocenters. The molecule has 0 amide bonds. The highest BCUT2D eigenvalue weighted by Crippen LogP contribution is 2.23. The number of esters is 2. The standard InChI is InChI=1S/C47H76O7/c1-3-5-7-9-11-13-15-17-19-20-22-24-26-28-30-32-34-47(50)54-38-36-52-45-40-43(42-48)39-44(41-45)51-35-37-53-46(49)33-31-29-27-25-23-21-18-16-14-12-10-8-6-4-2/h10-13,16,18-20,39-41,48H,3-9,14-15,17,21-38,42H2,1-2H3/b12-10-,13-11-,18-16-,20-19-. The van der Waals surface area contributed by atoms with Crippen LogP contribution in [-0.4, -0.2) is 43.5 Å². The van der Waals surface area contributed by atoms with Gasteiger partial charge in [-0.1, -0.05) is 127 Å². The summed E-state index contributed by atoms with van der Waals surface area (Å²) < 4.78 is 22.2. The molecule has 1 rings (SSSR count). The number of ether oxygens (including phenoxy) is 4. The molecule has 1 aromatic carbocycles. The Labute approximate surface area is 329 Å². The second-order valence-corrected chi connectivity index (χ2v) is 14.1. The van der Waals surface area contributed by atoms with Gasteiger partial charge >= 0.3 is 11.9 Å². The van der Waals surface area contributed by atoms with Crippen LogP contribution in [-0.2, 0) is 25.7 Å². The van der Waals surface area contributed by atoms with Gasteiger partial charge in [0.15, 0.2) is 0 Å². The Morgan fingerprint density at radius 1 is 0.481 bits per heavy atom. The Hall–Kier alpha value is -3.32. The van der Waals surface area contributed by atoms with Crippen LogP contribution in [0, 0.1) is 0 Å². The van der Waals surface area contributed by atoms with Crippen molar-refractivity contribution in [2.75, 3.05) is 26.4 Å². The predicted molar refractivity (Wildman–Crippen MR) is 224 cm³/mol. The molecule has 0 radical (unpaired) electrons. The maximum Gasteiger partial charge on any atom is 0.305 e. The average molecular weight is 753 g/mol. The van der Waals surface area contributed by atoms with Crippen molar-refractivity contribution in [3.8, 4) is 11.5 Å². The highest BCUT2D eigenvalue weighted by atomic mass is 16.6. The number of carbonyl (C=O) groups is 2. The zero-order chi connectivity index (χ0) is 39.0. The summed E-state index contributed by atoms with van der Waals surface area (Å²) in [7, 11) is 0. The Bertz CT molecular complexity index is 1150.